The molecule has 7 heteroatoms. The van der Waals surface area contributed by atoms with Gasteiger partial charge in [0.25, 0.3) is 5.56 Å². The van der Waals surface area contributed by atoms with Gasteiger partial charge in [0, 0.05) is 23.4 Å². The normalized spacial score (nSPS) is 18.0. The molecule has 0 spiro atoms. The maximum Gasteiger partial charge on any atom is 0.265 e. The largest absolute Gasteiger partial charge is 0.494 e. The lowest BCUT2D eigenvalue weighted by Gasteiger charge is -2.24. The Hall–Kier alpha value is -2.38. The van der Waals surface area contributed by atoms with E-state index in [1.54, 1.807) is 4.57 Å². The lowest BCUT2D eigenvalue weighted by atomic mass is 9.95. The van der Waals surface area contributed by atoms with Crippen molar-refractivity contribution < 1.29 is 10.4 Å². The number of para-hydroxylation sites is 1. The number of fused-ring (bicyclic) bond motifs is 3. The molecule has 0 saturated heterocycles. The number of hydrogen-bond donors (Lipinski definition) is 4. The highest BCUT2D eigenvalue weighted by atomic mass is 32.1. The van der Waals surface area contributed by atoms with E-state index in [1.807, 2.05) is 32.0 Å². The first-order valence-corrected chi connectivity index (χ1v) is 9.44. The molecular weight excluding hydrogens is 348 g/mol. The van der Waals surface area contributed by atoms with Crippen LogP contribution in [0.15, 0.2) is 29.1 Å². The Balaban J connectivity index is 1.96. The second kappa shape index (κ2) is 6.41. The smallest absolute Gasteiger partial charge is 0.265 e. The Morgan fingerprint density at radius 1 is 1.38 bits per heavy atom. The number of nitrogens with two attached hydrogens (primary N) is 1. The summed E-state index contributed by atoms with van der Waals surface area (Å²) in [6.45, 7) is 4.87. The third kappa shape index (κ3) is 2.50. The van der Waals surface area contributed by atoms with E-state index >= 15 is 0 Å². The number of aromatic amines is 2. The van der Waals surface area contributed by atoms with Crippen LogP contribution in [0.3, 0.4) is 0 Å². The summed E-state index contributed by atoms with van der Waals surface area (Å²) in [4.78, 5) is 18.9. The van der Waals surface area contributed by atoms with Crippen molar-refractivity contribution in [1.82, 2.24) is 14.5 Å². The standard InChI is InChI=1S/C19H22N4O2S/c1-3-10(2)23-18(25)14(17(24)22-19(23)26)16-15-12(8-9-20-16)11-6-4-5-7-13(11)21-15/h4-7,10,16,20-21,25H,3,8-9H2,1-2H3,(H,22,24,26)/p+1/t10-,16-/m0/s1. The zero-order valence-corrected chi connectivity index (χ0v) is 15.7. The third-order valence-electron chi connectivity index (χ3n) is 5.45. The molecule has 0 amide bonds. The zero-order valence-electron chi connectivity index (χ0n) is 14.9. The minimum atomic E-state index is -0.320. The lowest BCUT2D eigenvalue weighted by molar-refractivity contribution is -0.690. The van der Waals surface area contributed by atoms with E-state index in [2.05, 4.69) is 21.4 Å². The van der Waals surface area contributed by atoms with Gasteiger partial charge in [-0.25, -0.2) is 0 Å². The maximum atomic E-state index is 12.7. The summed E-state index contributed by atoms with van der Waals surface area (Å²) in [7, 11) is 0. The predicted octanol–water partition coefficient (Wildman–Crippen LogP) is 2.27. The van der Waals surface area contributed by atoms with Gasteiger partial charge in [-0.2, -0.15) is 0 Å². The van der Waals surface area contributed by atoms with Crippen LogP contribution in [0.2, 0.25) is 0 Å². The average Bonchev–Trinajstić information content (AvgIpc) is 3.00. The summed E-state index contributed by atoms with van der Waals surface area (Å²) in [5.74, 6) is -0.0270. The summed E-state index contributed by atoms with van der Waals surface area (Å²) in [6.07, 6.45) is 1.73. The quantitative estimate of drug-likeness (QED) is 0.533. The van der Waals surface area contributed by atoms with E-state index in [-0.39, 0.29) is 28.3 Å². The lowest BCUT2D eigenvalue weighted by Crippen LogP contribution is -2.87. The number of quaternary nitrogens is 1. The van der Waals surface area contributed by atoms with Gasteiger partial charge in [-0.1, -0.05) is 25.1 Å². The van der Waals surface area contributed by atoms with E-state index in [0.29, 0.717) is 5.56 Å². The Labute approximate surface area is 155 Å². The van der Waals surface area contributed by atoms with Crippen molar-refractivity contribution in [2.45, 2.75) is 38.8 Å². The molecule has 6 nitrogen and oxygen atoms in total. The van der Waals surface area contributed by atoms with Crippen LogP contribution in [0.1, 0.15) is 49.2 Å². The van der Waals surface area contributed by atoms with E-state index in [4.69, 9.17) is 12.2 Å². The maximum absolute atomic E-state index is 12.7. The number of aromatic hydroxyl groups is 1. The fourth-order valence-corrected chi connectivity index (χ4v) is 4.31. The molecule has 0 aliphatic carbocycles. The molecule has 26 heavy (non-hydrogen) atoms. The van der Waals surface area contributed by atoms with Crippen LogP contribution in [0, 0.1) is 4.77 Å². The van der Waals surface area contributed by atoms with Gasteiger partial charge in [-0.3, -0.25) is 14.3 Å². The van der Waals surface area contributed by atoms with Crippen LogP contribution in [0.5, 0.6) is 5.88 Å². The number of nitrogens with one attached hydrogen (secondary N) is 2. The first-order valence-electron chi connectivity index (χ1n) is 9.03. The van der Waals surface area contributed by atoms with E-state index < -0.39 is 0 Å². The molecule has 1 aliphatic rings. The van der Waals surface area contributed by atoms with E-state index in [1.165, 1.54) is 10.9 Å². The van der Waals surface area contributed by atoms with Gasteiger partial charge < -0.3 is 15.4 Å². The zero-order chi connectivity index (χ0) is 18.4. The van der Waals surface area contributed by atoms with Gasteiger partial charge >= 0.3 is 0 Å². The van der Waals surface area contributed by atoms with Crippen LogP contribution in [-0.2, 0) is 6.42 Å². The average molecular weight is 371 g/mol. The van der Waals surface area contributed by atoms with Crippen molar-refractivity contribution in [3.8, 4) is 5.88 Å². The highest BCUT2D eigenvalue weighted by Gasteiger charge is 2.34. The highest BCUT2D eigenvalue weighted by molar-refractivity contribution is 7.71. The van der Waals surface area contributed by atoms with Gasteiger partial charge in [0.1, 0.15) is 5.56 Å². The monoisotopic (exact) mass is 371 g/mol. The van der Waals surface area contributed by atoms with E-state index in [0.717, 1.165) is 30.6 Å². The van der Waals surface area contributed by atoms with Crippen molar-refractivity contribution in [3.05, 3.63) is 56.2 Å². The summed E-state index contributed by atoms with van der Waals surface area (Å²) in [6, 6.07) is 7.89. The fraction of sp³-hybridized carbons (Fsp3) is 0.368. The molecule has 1 aromatic carbocycles. The molecule has 3 aromatic rings. The number of rotatable bonds is 3. The van der Waals surface area contributed by atoms with Gasteiger partial charge in [0.05, 0.1) is 12.2 Å². The summed E-state index contributed by atoms with van der Waals surface area (Å²) in [5, 5.41) is 14.2. The molecule has 0 unspecified atom stereocenters. The Morgan fingerprint density at radius 2 is 2.15 bits per heavy atom. The predicted molar refractivity (Wildman–Crippen MR) is 103 cm³/mol. The van der Waals surface area contributed by atoms with Crippen LogP contribution < -0.4 is 10.9 Å². The van der Waals surface area contributed by atoms with Crippen LogP contribution in [0.25, 0.3) is 10.9 Å². The molecule has 1 aliphatic heterocycles. The second-order valence-electron chi connectivity index (χ2n) is 6.94. The summed E-state index contributed by atoms with van der Waals surface area (Å²) in [5.41, 5.74) is 3.32. The third-order valence-corrected chi connectivity index (χ3v) is 5.75. The molecule has 5 N–H and O–H groups in total. The van der Waals surface area contributed by atoms with Crippen LogP contribution in [0.4, 0.5) is 0 Å². The van der Waals surface area contributed by atoms with Gasteiger partial charge in [-0.15, -0.1) is 0 Å². The van der Waals surface area contributed by atoms with Crippen LogP contribution in [-0.4, -0.2) is 26.2 Å². The van der Waals surface area contributed by atoms with Gasteiger partial charge in [0.2, 0.25) is 5.88 Å². The molecule has 3 heterocycles. The number of benzene rings is 1. The molecule has 0 fully saturated rings. The number of aromatic nitrogens is 3. The minimum absolute atomic E-state index is 0.00359. The Bertz CT molecular complexity index is 1100. The molecule has 0 bridgehead atoms. The molecule has 136 valence electrons. The Morgan fingerprint density at radius 3 is 2.92 bits per heavy atom. The number of H-pyrrole nitrogens is 2. The van der Waals surface area contributed by atoms with Crippen molar-refractivity contribution in [2.24, 2.45) is 0 Å². The molecular formula is C19H23N4O2S+. The fourth-order valence-electron chi connectivity index (χ4n) is 3.95. The number of hydrogen-bond acceptors (Lipinski definition) is 3. The highest BCUT2D eigenvalue weighted by Crippen LogP contribution is 2.33. The van der Waals surface area contributed by atoms with Gasteiger partial charge in [0.15, 0.2) is 10.8 Å². The molecule has 4 rings (SSSR count). The first kappa shape index (κ1) is 17.1. The SMILES string of the molecule is CC[C@H](C)n1c(O)c([C@@H]2[NH2+]CCc3c2[nH]c2ccccc32)c(=O)[nH]c1=S. The van der Waals surface area contributed by atoms with E-state index in [9.17, 15) is 9.90 Å². The molecule has 0 radical (unpaired) electrons. The molecule has 0 saturated carbocycles. The topological polar surface area (TPSA) is 90.4 Å². The van der Waals surface area contributed by atoms with Gasteiger partial charge in [-0.05, 0) is 37.2 Å². The molecule has 2 aromatic heterocycles. The molecule has 2 atom stereocenters. The summed E-state index contributed by atoms with van der Waals surface area (Å²) < 4.78 is 1.91. The minimum Gasteiger partial charge on any atom is -0.494 e. The Kier molecular flexibility index (Phi) is 4.20. The van der Waals surface area contributed by atoms with Crippen molar-refractivity contribution in [1.29, 1.82) is 0 Å². The van der Waals surface area contributed by atoms with Crippen molar-refractivity contribution in [3.63, 3.8) is 0 Å². The van der Waals surface area contributed by atoms with Crippen molar-refractivity contribution >= 4 is 23.1 Å². The summed E-state index contributed by atoms with van der Waals surface area (Å²) >= 11 is 5.29. The second-order valence-corrected chi connectivity index (χ2v) is 7.33. The van der Waals surface area contributed by atoms with Crippen molar-refractivity contribution in [2.75, 3.05) is 6.54 Å². The number of nitrogens with zero attached hydrogens (tertiary/aromatic N) is 1. The first-order chi connectivity index (χ1) is 12.5. The van der Waals surface area contributed by atoms with Crippen LogP contribution >= 0.6 is 12.2 Å².